The number of hydrogen-bond donors (Lipinski definition) is 1. The predicted molar refractivity (Wildman–Crippen MR) is 64.0 cm³/mol. The molecule has 0 amide bonds. The fraction of sp³-hybridized carbons (Fsp3) is 0.583. The first-order valence-electron chi connectivity index (χ1n) is 5.91. The SMILES string of the molecule is Cc1ccnc(N2CCC(CCC(=O)O)C2)n1. The van der Waals surface area contributed by atoms with Gasteiger partial charge in [0.2, 0.25) is 5.95 Å². The van der Waals surface area contributed by atoms with E-state index in [0.29, 0.717) is 5.92 Å². The van der Waals surface area contributed by atoms with Gasteiger partial charge in [0.1, 0.15) is 0 Å². The molecule has 17 heavy (non-hydrogen) atoms. The third-order valence-corrected chi connectivity index (χ3v) is 3.12. The van der Waals surface area contributed by atoms with Gasteiger partial charge in [-0.1, -0.05) is 0 Å². The molecule has 0 radical (unpaired) electrons. The molecule has 1 atom stereocenters. The first-order valence-corrected chi connectivity index (χ1v) is 5.91. The topological polar surface area (TPSA) is 66.3 Å². The van der Waals surface area contributed by atoms with Gasteiger partial charge in [0.05, 0.1) is 0 Å². The molecule has 5 heteroatoms. The van der Waals surface area contributed by atoms with Crippen LogP contribution in [0.15, 0.2) is 12.3 Å². The summed E-state index contributed by atoms with van der Waals surface area (Å²) in [6, 6.07) is 1.88. The highest BCUT2D eigenvalue weighted by atomic mass is 16.4. The smallest absolute Gasteiger partial charge is 0.303 e. The molecule has 2 rings (SSSR count). The van der Waals surface area contributed by atoms with Crippen LogP contribution in [-0.4, -0.2) is 34.1 Å². The van der Waals surface area contributed by atoms with Crippen LogP contribution in [0.5, 0.6) is 0 Å². The largest absolute Gasteiger partial charge is 0.481 e. The second kappa shape index (κ2) is 5.12. The van der Waals surface area contributed by atoms with Crippen LogP contribution < -0.4 is 4.90 Å². The lowest BCUT2D eigenvalue weighted by Crippen LogP contribution is -2.22. The zero-order valence-corrected chi connectivity index (χ0v) is 9.96. The van der Waals surface area contributed by atoms with Crippen LogP contribution in [0.1, 0.15) is 25.0 Å². The van der Waals surface area contributed by atoms with Crippen molar-refractivity contribution in [2.24, 2.45) is 5.92 Å². The predicted octanol–water partition coefficient (Wildman–Crippen LogP) is 1.48. The normalized spacial score (nSPS) is 19.6. The highest BCUT2D eigenvalue weighted by Gasteiger charge is 2.24. The molecule has 0 saturated carbocycles. The van der Waals surface area contributed by atoms with Crippen molar-refractivity contribution in [3.63, 3.8) is 0 Å². The minimum Gasteiger partial charge on any atom is -0.481 e. The lowest BCUT2D eigenvalue weighted by Gasteiger charge is -2.16. The Labute approximate surface area is 100 Å². The maximum atomic E-state index is 10.5. The summed E-state index contributed by atoms with van der Waals surface area (Å²) in [4.78, 5) is 21.3. The Hall–Kier alpha value is -1.65. The Morgan fingerprint density at radius 1 is 1.65 bits per heavy atom. The lowest BCUT2D eigenvalue weighted by molar-refractivity contribution is -0.137. The van der Waals surface area contributed by atoms with Crippen LogP contribution in [-0.2, 0) is 4.79 Å². The van der Waals surface area contributed by atoms with Gasteiger partial charge in [-0.2, -0.15) is 0 Å². The van der Waals surface area contributed by atoms with E-state index in [-0.39, 0.29) is 6.42 Å². The van der Waals surface area contributed by atoms with E-state index in [4.69, 9.17) is 5.11 Å². The van der Waals surface area contributed by atoms with Crippen LogP contribution in [0.4, 0.5) is 5.95 Å². The van der Waals surface area contributed by atoms with Gasteiger partial charge in [-0.25, -0.2) is 9.97 Å². The van der Waals surface area contributed by atoms with Crippen molar-refractivity contribution >= 4 is 11.9 Å². The Balaban J connectivity index is 1.91. The van der Waals surface area contributed by atoms with Crippen molar-refractivity contribution in [2.75, 3.05) is 18.0 Å². The van der Waals surface area contributed by atoms with Crippen LogP contribution >= 0.6 is 0 Å². The maximum absolute atomic E-state index is 10.5. The summed E-state index contributed by atoms with van der Waals surface area (Å²) in [6.07, 6.45) is 3.80. The number of aromatic nitrogens is 2. The molecule has 1 N–H and O–H groups in total. The fourth-order valence-electron chi connectivity index (χ4n) is 2.17. The average molecular weight is 235 g/mol. The molecular weight excluding hydrogens is 218 g/mol. The second-order valence-electron chi connectivity index (χ2n) is 4.53. The average Bonchev–Trinajstić information content (AvgIpc) is 2.75. The summed E-state index contributed by atoms with van der Waals surface area (Å²) in [5, 5.41) is 8.65. The highest BCUT2D eigenvalue weighted by Crippen LogP contribution is 2.23. The molecular formula is C12H17N3O2. The van der Waals surface area contributed by atoms with E-state index in [1.807, 2.05) is 13.0 Å². The van der Waals surface area contributed by atoms with E-state index in [1.54, 1.807) is 6.20 Å². The molecule has 0 spiro atoms. The van der Waals surface area contributed by atoms with Crippen molar-refractivity contribution in [3.05, 3.63) is 18.0 Å². The fourth-order valence-corrected chi connectivity index (χ4v) is 2.17. The summed E-state index contributed by atoms with van der Waals surface area (Å²) in [5.41, 5.74) is 0.962. The molecule has 1 saturated heterocycles. The van der Waals surface area contributed by atoms with Crippen LogP contribution in [0.3, 0.4) is 0 Å². The molecule has 1 unspecified atom stereocenters. The van der Waals surface area contributed by atoms with Crippen molar-refractivity contribution in [1.82, 2.24) is 9.97 Å². The van der Waals surface area contributed by atoms with Gasteiger partial charge >= 0.3 is 5.97 Å². The number of hydrogen-bond acceptors (Lipinski definition) is 4. The molecule has 1 aromatic heterocycles. The Morgan fingerprint density at radius 2 is 2.47 bits per heavy atom. The third-order valence-electron chi connectivity index (χ3n) is 3.12. The van der Waals surface area contributed by atoms with Crippen molar-refractivity contribution in [2.45, 2.75) is 26.2 Å². The van der Waals surface area contributed by atoms with Gasteiger partial charge in [0, 0.05) is 31.4 Å². The number of carboxylic acids is 1. The molecule has 1 aromatic rings. The van der Waals surface area contributed by atoms with Crippen LogP contribution in [0.2, 0.25) is 0 Å². The molecule has 92 valence electrons. The minimum absolute atomic E-state index is 0.257. The summed E-state index contributed by atoms with van der Waals surface area (Å²) < 4.78 is 0. The van der Waals surface area contributed by atoms with Gasteiger partial charge in [-0.05, 0) is 31.7 Å². The van der Waals surface area contributed by atoms with Crippen molar-refractivity contribution in [1.29, 1.82) is 0 Å². The van der Waals surface area contributed by atoms with Crippen molar-refractivity contribution < 1.29 is 9.90 Å². The van der Waals surface area contributed by atoms with E-state index in [0.717, 1.165) is 37.6 Å². The number of rotatable bonds is 4. The molecule has 1 aliphatic heterocycles. The molecule has 2 heterocycles. The summed E-state index contributed by atoms with van der Waals surface area (Å²) in [6.45, 7) is 3.74. The van der Waals surface area contributed by atoms with Crippen LogP contribution in [0, 0.1) is 12.8 Å². The van der Waals surface area contributed by atoms with E-state index in [1.165, 1.54) is 0 Å². The Bertz CT molecular complexity index is 408. The minimum atomic E-state index is -0.713. The standard InChI is InChI=1S/C12H17N3O2/c1-9-4-6-13-12(14-9)15-7-5-10(8-15)2-3-11(16)17/h4,6,10H,2-3,5,7-8H2,1H3,(H,16,17). The molecule has 0 bridgehead atoms. The van der Waals surface area contributed by atoms with E-state index in [9.17, 15) is 4.79 Å². The van der Waals surface area contributed by atoms with Gasteiger partial charge in [-0.3, -0.25) is 4.79 Å². The van der Waals surface area contributed by atoms with Gasteiger partial charge < -0.3 is 10.0 Å². The molecule has 5 nitrogen and oxygen atoms in total. The first-order chi connectivity index (χ1) is 8.15. The monoisotopic (exact) mass is 235 g/mol. The second-order valence-corrected chi connectivity index (χ2v) is 4.53. The lowest BCUT2D eigenvalue weighted by atomic mass is 10.0. The summed E-state index contributed by atoms with van der Waals surface area (Å²) in [7, 11) is 0. The van der Waals surface area contributed by atoms with Gasteiger partial charge in [-0.15, -0.1) is 0 Å². The van der Waals surface area contributed by atoms with Gasteiger partial charge in [0.15, 0.2) is 0 Å². The summed E-state index contributed by atoms with van der Waals surface area (Å²) >= 11 is 0. The van der Waals surface area contributed by atoms with E-state index in [2.05, 4.69) is 14.9 Å². The zero-order chi connectivity index (χ0) is 12.3. The van der Waals surface area contributed by atoms with E-state index < -0.39 is 5.97 Å². The zero-order valence-electron chi connectivity index (χ0n) is 9.96. The highest BCUT2D eigenvalue weighted by molar-refractivity contribution is 5.66. The number of carboxylic acid groups (broad SMARTS) is 1. The third kappa shape index (κ3) is 3.15. The summed E-state index contributed by atoms with van der Waals surface area (Å²) in [5.74, 6) is 0.508. The molecule has 0 aliphatic carbocycles. The first kappa shape index (κ1) is 11.8. The number of carbonyl (C=O) groups is 1. The number of anilines is 1. The van der Waals surface area contributed by atoms with Crippen molar-refractivity contribution in [3.8, 4) is 0 Å². The Morgan fingerprint density at radius 3 is 3.18 bits per heavy atom. The van der Waals surface area contributed by atoms with Gasteiger partial charge in [0.25, 0.3) is 0 Å². The number of nitrogens with zero attached hydrogens (tertiary/aromatic N) is 3. The number of aliphatic carboxylic acids is 1. The Kier molecular flexibility index (Phi) is 3.56. The molecule has 1 fully saturated rings. The number of aryl methyl sites for hydroxylation is 1. The van der Waals surface area contributed by atoms with Crippen LogP contribution in [0.25, 0.3) is 0 Å². The quantitative estimate of drug-likeness (QED) is 0.856. The molecule has 0 aromatic carbocycles. The molecule has 1 aliphatic rings. The van der Waals surface area contributed by atoms with E-state index >= 15 is 0 Å². The maximum Gasteiger partial charge on any atom is 0.303 e.